The third-order valence-electron chi connectivity index (χ3n) is 4.83. The predicted octanol–water partition coefficient (Wildman–Crippen LogP) is 2.09. The first-order chi connectivity index (χ1) is 9.11. The molecule has 2 saturated carbocycles. The van der Waals surface area contributed by atoms with Crippen molar-refractivity contribution in [3.05, 3.63) is 0 Å². The van der Waals surface area contributed by atoms with Gasteiger partial charge < -0.3 is 15.3 Å². The van der Waals surface area contributed by atoms with Gasteiger partial charge in [-0.2, -0.15) is 0 Å². The van der Waals surface area contributed by atoms with Crippen molar-refractivity contribution in [2.24, 2.45) is 5.92 Å². The number of carbonyl (C=O) groups is 1. The highest BCUT2D eigenvalue weighted by atomic mass is 16.4. The topological polar surface area (TPSA) is 52.6 Å². The second-order valence-electron chi connectivity index (χ2n) is 6.33. The first-order valence-corrected chi connectivity index (χ1v) is 7.77. The number of carboxylic acid groups (broad SMARTS) is 1. The maximum absolute atomic E-state index is 11.6. The van der Waals surface area contributed by atoms with Gasteiger partial charge in [0.2, 0.25) is 0 Å². The van der Waals surface area contributed by atoms with Crippen molar-refractivity contribution < 1.29 is 9.90 Å². The molecule has 2 unspecified atom stereocenters. The molecule has 4 heteroatoms. The van der Waals surface area contributed by atoms with Crippen LogP contribution < -0.4 is 5.32 Å². The molecule has 0 radical (unpaired) electrons. The Labute approximate surface area is 116 Å². The lowest BCUT2D eigenvalue weighted by atomic mass is 9.78. The van der Waals surface area contributed by atoms with Crippen LogP contribution in [0.15, 0.2) is 0 Å². The van der Waals surface area contributed by atoms with Crippen LogP contribution >= 0.6 is 0 Å². The van der Waals surface area contributed by atoms with E-state index >= 15 is 0 Å². The van der Waals surface area contributed by atoms with E-state index in [1.54, 1.807) is 7.05 Å². The monoisotopic (exact) mass is 268 g/mol. The molecule has 0 saturated heterocycles. The molecule has 0 aromatic carbocycles. The summed E-state index contributed by atoms with van der Waals surface area (Å²) in [7, 11) is 1.79. The van der Waals surface area contributed by atoms with Crippen molar-refractivity contribution in [3.63, 3.8) is 0 Å². The number of rotatable bonds is 7. The molecular weight excluding hydrogens is 240 g/mol. The number of aliphatic carboxylic acids is 1. The summed E-state index contributed by atoms with van der Waals surface area (Å²) < 4.78 is 0. The van der Waals surface area contributed by atoms with Crippen LogP contribution in [0, 0.1) is 5.92 Å². The van der Waals surface area contributed by atoms with Crippen LogP contribution in [0.1, 0.15) is 51.9 Å². The van der Waals surface area contributed by atoms with Gasteiger partial charge in [-0.15, -0.1) is 0 Å². The molecule has 0 heterocycles. The van der Waals surface area contributed by atoms with Crippen LogP contribution in [0.4, 0.5) is 0 Å². The fraction of sp³-hybridized carbons (Fsp3) is 0.933. The lowest BCUT2D eigenvalue weighted by Crippen LogP contribution is -2.57. The molecule has 2 fully saturated rings. The number of carboxylic acids is 1. The van der Waals surface area contributed by atoms with E-state index in [2.05, 4.69) is 17.1 Å². The van der Waals surface area contributed by atoms with Crippen molar-refractivity contribution in [1.29, 1.82) is 0 Å². The van der Waals surface area contributed by atoms with Gasteiger partial charge in [0, 0.05) is 12.6 Å². The minimum atomic E-state index is -0.696. The average molecular weight is 268 g/mol. The molecule has 2 N–H and O–H groups in total. The zero-order valence-electron chi connectivity index (χ0n) is 12.3. The molecule has 0 spiro atoms. The number of likely N-dealkylation sites (N-methyl/N-ethyl adjacent to an activating group) is 1. The van der Waals surface area contributed by atoms with Crippen molar-refractivity contribution in [2.45, 2.75) is 63.5 Å². The SMILES string of the molecule is CCCN(CC1CC1)C1CCCC(NC)(C(=O)O)C1. The Morgan fingerprint density at radius 3 is 2.68 bits per heavy atom. The zero-order valence-corrected chi connectivity index (χ0v) is 12.3. The summed E-state index contributed by atoms with van der Waals surface area (Å²) in [6.45, 7) is 4.50. The maximum atomic E-state index is 11.6. The molecule has 0 bridgehead atoms. The summed E-state index contributed by atoms with van der Waals surface area (Å²) >= 11 is 0. The van der Waals surface area contributed by atoms with Gasteiger partial charge in [0.25, 0.3) is 0 Å². The molecule has 110 valence electrons. The molecule has 2 aliphatic carbocycles. The van der Waals surface area contributed by atoms with Gasteiger partial charge in [-0.3, -0.25) is 4.79 Å². The van der Waals surface area contributed by atoms with E-state index in [9.17, 15) is 9.90 Å². The lowest BCUT2D eigenvalue weighted by Gasteiger charge is -2.42. The minimum Gasteiger partial charge on any atom is -0.480 e. The first-order valence-electron chi connectivity index (χ1n) is 7.77. The van der Waals surface area contributed by atoms with Gasteiger partial charge in [0.15, 0.2) is 0 Å². The van der Waals surface area contributed by atoms with E-state index in [1.165, 1.54) is 19.4 Å². The minimum absolute atomic E-state index is 0.442. The lowest BCUT2D eigenvalue weighted by molar-refractivity contribution is -0.147. The zero-order chi connectivity index (χ0) is 13.9. The molecule has 0 aromatic rings. The van der Waals surface area contributed by atoms with E-state index in [1.807, 2.05) is 0 Å². The Hall–Kier alpha value is -0.610. The van der Waals surface area contributed by atoms with Crippen LogP contribution in [-0.2, 0) is 4.79 Å². The first kappa shape index (κ1) is 14.8. The third kappa shape index (κ3) is 3.48. The van der Waals surface area contributed by atoms with Gasteiger partial charge in [-0.05, 0) is 64.5 Å². The van der Waals surface area contributed by atoms with Crippen LogP contribution in [0.25, 0.3) is 0 Å². The normalized spacial score (nSPS) is 31.6. The van der Waals surface area contributed by atoms with Gasteiger partial charge in [-0.1, -0.05) is 6.92 Å². The number of nitrogens with one attached hydrogen (secondary N) is 1. The Morgan fingerprint density at radius 2 is 2.16 bits per heavy atom. The maximum Gasteiger partial charge on any atom is 0.323 e. The predicted molar refractivity (Wildman–Crippen MR) is 76.3 cm³/mol. The number of hydrogen-bond acceptors (Lipinski definition) is 3. The Morgan fingerprint density at radius 1 is 1.42 bits per heavy atom. The van der Waals surface area contributed by atoms with E-state index in [4.69, 9.17) is 0 Å². The van der Waals surface area contributed by atoms with Crippen molar-refractivity contribution >= 4 is 5.97 Å². The Bertz CT molecular complexity index is 317. The molecule has 0 aromatic heterocycles. The van der Waals surface area contributed by atoms with Gasteiger partial charge in [0.05, 0.1) is 0 Å². The Balaban J connectivity index is 2.02. The summed E-state index contributed by atoms with van der Waals surface area (Å²) in [6, 6.07) is 0.442. The fourth-order valence-corrected chi connectivity index (χ4v) is 3.43. The van der Waals surface area contributed by atoms with E-state index < -0.39 is 11.5 Å². The molecule has 4 nitrogen and oxygen atoms in total. The molecule has 2 aliphatic rings. The molecular formula is C15H28N2O2. The highest BCUT2D eigenvalue weighted by Crippen LogP contribution is 2.35. The quantitative estimate of drug-likeness (QED) is 0.742. The van der Waals surface area contributed by atoms with Crippen LogP contribution in [0.3, 0.4) is 0 Å². The second kappa shape index (κ2) is 6.23. The van der Waals surface area contributed by atoms with Crippen LogP contribution in [-0.4, -0.2) is 47.7 Å². The van der Waals surface area contributed by atoms with Crippen LogP contribution in [0.2, 0.25) is 0 Å². The Kier molecular flexibility index (Phi) is 4.85. The van der Waals surface area contributed by atoms with E-state index in [-0.39, 0.29) is 0 Å². The summed E-state index contributed by atoms with van der Waals surface area (Å²) in [5, 5.41) is 12.6. The highest BCUT2D eigenvalue weighted by molar-refractivity contribution is 5.79. The molecule has 0 aliphatic heterocycles. The van der Waals surface area contributed by atoms with Gasteiger partial charge in [-0.25, -0.2) is 0 Å². The average Bonchev–Trinajstić information content (AvgIpc) is 3.22. The largest absolute Gasteiger partial charge is 0.480 e. The fourth-order valence-electron chi connectivity index (χ4n) is 3.43. The summed E-state index contributed by atoms with van der Waals surface area (Å²) in [6.07, 6.45) is 7.57. The van der Waals surface area contributed by atoms with Gasteiger partial charge in [0.1, 0.15) is 5.54 Å². The smallest absolute Gasteiger partial charge is 0.323 e. The molecule has 2 atom stereocenters. The molecule has 19 heavy (non-hydrogen) atoms. The van der Waals surface area contributed by atoms with Crippen molar-refractivity contribution in [1.82, 2.24) is 10.2 Å². The standard InChI is InChI=1S/C15H28N2O2/c1-3-9-17(11-12-6-7-12)13-5-4-8-15(10-13,16-2)14(18)19/h12-13,16H,3-11H2,1-2H3,(H,18,19). The summed E-state index contributed by atoms with van der Waals surface area (Å²) in [4.78, 5) is 14.1. The van der Waals surface area contributed by atoms with E-state index in [0.717, 1.165) is 44.6 Å². The summed E-state index contributed by atoms with van der Waals surface area (Å²) in [5.74, 6) is 0.199. The third-order valence-corrected chi connectivity index (χ3v) is 4.83. The second-order valence-corrected chi connectivity index (χ2v) is 6.33. The van der Waals surface area contributed by atoms with Crippen molar-refractivity contribution in [2.75, 3.05) is 20.1 Å². The van der Waals surface area contributed by atoms with E-state index in [0.29, 0.717) is 6.04 Å². The molecule has 0 amide bonds. The van der Waals surface area contributed by atoms with Crippen LogP contribution in [0.5, 0.6) is 0 Å². The van der Waals surface area contributed by atoms with Gasteiger partial charge >= 0.3 is 5.97 Å². The molecule has 2 rings (SSSR count). The number of nitrogens with zero attached hydrogens (tertiary/aromatic N) is 1. The summed E-state index contributed by atoms with van der Waals surface area (Å²) in [5.41, 5.74) is -0.696. The van der Waals surface area contributed by atoms with Crippen molar-refractivity contribution in [3.8, 4) is 0 Å². The number of hydrogen-bond donors (Lipinski definition) is 2. The highest BCUT2D eigenvalue weighted by Gasteiger charge is 2.43.